The number of rotatable bonds is 13. The van der Waals surface area contributed by atoms with Crippen molar-refractivity contribution in [2.75, 3.05) is 13.2 Å². The van der Waals surface area contributed by atoms with Crippen LogP contribution < -0.4 is 15.6 Å². The van der Waals surface area contributed by atoms with Gasteiger partial charge in [-0.05, 0) is 64.7 Å². The molecule has 5 rings (SSSR count). The second-order valence-corrected chi connectivity index (χ2v) is 10.9. The van der Waals surface area contributed by atoms with E-state index in [0.29, 0.717) is 36.0 Å². The lowest BCUT2D eigenvalue weighted by atomic mass is 9.84. The molecule has 1 aliphatic rings. The predicted octanol–water partition coefficient (Wildman–Crippen LogP) is 6.93. The summed E-state index contributed by atoms with van der Waals surface area (Å²) < 4.78 is 65.6. The topological polar surface area (TPSA) is 92.2 Å². The molecular formula is C36H33F4N3O4. The lowest BCUT2D eigenvalue weighted by Crippen LogP contribution is -2.52. The summed E-state index contributed by atoms with van der Waals surface area (Å²) in [5, 5.41) is 9.01. The van der Waals surface area contributed by atoms with Gasteiger partial charge in [-0.2, -0.15) is 13.2 Å². The largest absolute Gasteiger partial charge is 0.494 e. The Morgan fingerprint density at radius 2 is 1.66 bits per heavy atom. The van der Waals surface area contributed by atoms with Gasteiger partial charge >= 0.3 is 6.18 Å². The highest BCUT2D eigenvalue weighted by Gasteiger charge is 2.52. The number of hydrogen-bond acceptors (Lipinski definition) is 6. The van der Waals surface area contributed by atoms with E-state index < -0.39 is 35.1 Å². The summed E-state index contributed by atoms with van der Waals surface area (Å²) in [5.41, 5.74) is 5.68. The number of halogens is 4. The number of hydrogen-bond donors (Lipinski definition) is 3. The molecule has 4 aromatic rings. The van der Waals surface area contributed by atoms with Crippen LogP contribution in [0, 0.1) is 5.82 Å². The van der Waals surface area contributed by atoms with Crippen LogP contribution in [-0.4, -0.2) is 35.7 Å². The van der Waals surface area contributed by atoms with Gasteiger partial charge in [0.25, 0.3) is 5.91 Å². The minimum absolute atomic E-state index is 0.00951. The first-order chi connectivity index (χ1) is 22.6. The Bertz CT molecular complexity index is 1710. The molecule has 0 bridgehead atoms. The third kappa shape index (κ3) is 7.87. The van der Waals surface area contributed by atoms with E-state index in [1.807, 2.05) is 54.6 Å². The fraction of sp³-hybridized carbons (Fsp3) is 0.222. The fourth-order valence-corrected chi connectivity index (χ4v) is 5.27. The molecule has 1 heterocycles. The highest BCUT2D eigenvalue weighted by atomic mass is 19.4. The molecule has 2 atom stereocenters. The average molecular weight is 648 g/mol. The second kappa shape index (κ2) is 14.6. The first kappa shape index (κ1) is 33.4. The van der Waals surface area contributed by atoms with Crippen molar-refractivity contribution in [1.29, 1.82) is 0 Å². The maximum atomic E-state index is 14.0. The summed E-state index contributed by atoms with van der Waals surface area (Å²) in [6, 6.07) is 26.4. The third-order valence-corrected chi connectivity index (χ3v) is 7.59. The maximum absolute atomic E-state index is 14.0. The van der Waals surface area contributed by atoms with Gasteiger partial charge in [0.15, 0.2) is 11.6 Å². The van der Waals surface area contributed by atoms with Gasteiger partial charge in [-0.1, -0.05) is 60.7 Å². The van der Waals surface area contributed by atoms with Crippen molar-refractivity contribution in [3.05, 3.63) is 138 Å². The van der Waals surface area contributed by atoms with Gasteiger partial charge in [-0.25, -0.2) is 14.8 Å². The van der Waals surface area contributed by atoms with Crippen LogP contribution in [0.1, 0.15) is 41.2 Å². The molecule has 0 aromatic heterocycles. The van der Waals surface area contributed by atoms with Crippen LogP contribution in [0.15, 0.2) is 115 Å². The normalized spacial score (nSPS) is 17.5. The zero-order valence-corrected chi connectivity index (χ0v) is 25.3. The van der Waals surface area contributed by atoms with Crippen molar-refractivity contribution in [1.82, 2.24) is 10.9 Å². The molecule has 3 N–H and O–H groups in total. The number of carbonyl (C=O) groups is 1. The van der Waals surface area contributed by atoms with Crippen LogP contribution >= 0.6 is 0 Å². The zero-order chi connectivity index (χ0) is 33.4. The number of carbonyl (C=O) groups excluding carboxylic acids is 1. The molecule has 0 aliphatic carbocycles. The molecule has 0 saturated carbocycles. The Labute approximate surface area is 269 Å². The van der Waals surface area contributed by atoms with Crippen molar-refractivity contribution in [2.24, 2.45) is 4.99 Å². The molecule has 0 fully saturated rings. The van der Waals surface area contributed by atoms with E-state index in [4.69, 9.17) is 19.6 Å². The number of aliphatic hydroxyl groups excluding tert-OH is 1. The number of ether oxygens (including phenoxy) is 2. The Kier molecular flexibility index (Phi) is 10.4. The van der Waals surface area contributed by atoms with E-state index in [-0.39, 0.29) is 31.0 Å². The van der Waals surface area contributed by atoms with E-state index in [0.717, 1.165) is 23.3 Å². The number of amides is 1. The molecule has 11 heteroatoms. The van der Waals surface area contributed by atoms with E-state index in [1.165, 1.54) is 0 Å². The molecule has 1 amide bonds. The first-order valence-electron chi connectivity index (χ1n) is 14.9. The number of nitrogens with one attached hydrogen (secondary N) is 2. The van der Waals surface area contributed by atoms with Gasteiger partial charge in [-0.15, -0.1) is 6.58 Å². The summed E-state index contributed by atoms with van der Waals surface area (Å²) >= 11 is 0. The Morgan fingerprint density at radius 1 is 0.979 bits per heavy atom. The van der Waals surface area contributed by atoms with Crippen LogP contribution in [0.4, 0.5) is 17.6 Å². The number of aliphatic imine (C=N–C) groups is 1. The number of aliphatic hydroxyl groups is 1. The third-order valence-electron chi connectivity index (χ3n) is 7.59. The number of alkyl halides is 3. The van der Waals surface area contributed by atoms with Crippen molar-refractivity contribution >= 4 is 11.8 Å². The molecule has 47 heavy (non-hydrogen) atoms. The van der Waals surface area contributed by atoms with Gasteiger partial charge in [-0.3, -0.25) is 10.2 Å². The van der Waals surface area contributed by atoms with Crippen molar-refractivity contribution < 1.29 is 36.9 Å². The van der Waals surface area contributed by atoms with Crippen molar-refractivity contribution in [2.45, 2.75) is 37.2 Å². The smallest absolute Gasteiger partial charge is 0.416 e. The minimum atomic E-state index is -4.73. The van der Waals surface area contributed by atoms with Gasteiger partial charge in [0.1, 0.15) is 11.6 Å². The Balaban J connectivity index is 1.44. The average Bonchev–Trinajstić information content (AvgIpc) is 3.46. The predicted molar refractivity (Wildman–Crippen MR) is 170 cm³/mol. The summed E-state index contributed by atoms with van der Waals surface area (Å²) in [6.07, 6.45) is -3.56. The van der Waals surface area contributed by atoms with Gasteiger partial charge in [0.2, 0.25) is 5.90 Å². The molecule has 4 aromatic carbocycles. The number of hydrazine groups is 1. The van der Waals surface area contributed by atoms with Gasteiger partial charge in [0, 0.05) is 31.6 Å². The van der Waals surface area contributed by atoms with E-state index in [2.05, 4.69) is 17.4 Å². The van der Waals surface area contributed by atoms with Gasteiger partial charge < -0.3 is 14.6 Å². The summed E-state index contributed by atoms with van der Waals surface area (Å²) in [4.78, 5) is 18.8. The molecule has 7 nitrogen and oxygen atoms in total. The molecule has 244 valence electrons. The molecule has 0 saturated heterocycles. The van der Waals surface area contributed by atoms with E-state index >= 15 is 0 Å². The SMILES string of the molecule is C=CC[C@]1(C(=O)NNCc2cc(F)cc(C(F)(F)F)c2)N=C(c2ccc(OCCCO)cc2)O[C@H]1c1ccc(-c2ccccc2)cc1. The van der Waals surface area contributed by atoms with Crippen LogP contribution in [0.5, 0.6) is 5.75 Å². The van der Waals surface area contributed by atoms with Crippen LogP contribution in [-0.2, 0) is 22.3 Å². The monoisotopic (exact) mass is 647 g/mol. The maximum Gasteiger partial charge on any atom is 0.416 e. The van der Waals surface area contributed by atoms with Crippen molar-refractivity contribution in [3.63, 3.8) is 0 Å². The molecule has 0 unspecified atom stereocenters. The van der Waals surface area contributed by atoms with Crippen LogP contribution in [0.2, 0.25) is 0 Å². The quantitative estimate of drug-likeness (QED) is 0.0634. The summed E-state index contributed by atoms with van der Waals surface area (Å²) in [6.45, 7) is 3.91. The van der Waals surface area contributed by atoms with Crippen LogP contribution in [0.25, 0.3) is 11.1 Å². The lowest BCUT2D eigenvalue weighted by molar-refractivity contribution is -0.138. The standard InChI is InChI=1S/C36H33F4N3O4/c1-2-17-35(34(45)43-41-23-24-20-29(36(38,39)40)22-30(37)21-24)32(27-11-9-26(10-12-27)25-7-4-3-5-8-25)47-33(42-35)28-13-15-31(16-14-28)46-19-6-18-44/h2-5,7-16,20-22,32,41,44H,1,6,17-19,23H2,(H,43,45)/t32-,35-/m0/s1. The molecular weight excluding hydrogens is 614 g/mol. The summed E-state index contributed by atoms with van der Waals surface area (Å²) in [5.74, 6) is -0.894. The van der Waals surface area contributed by atoms with E-state index in [9.17, 15) is 22.4 Å². The summed E-state index contributed by atoms with van der Waals surface area (Å²) in [7, 11) is 0. The van der Waals surface area contributed by atoms with Gasteiger partial charge in [0.05, 0.1) is 12.2 Å². The zero-order valence-electron chi connectivity index (χ0n) is 25.3. The highest BCUT2D eigenvalue weighted by molar-refractivity contribution is 6.01. The van der Waals surface area contributed by atoms with Crippen molar-refractivity contribution in [3.8, 4) is 16.9 Å². The second-order valence-electron chi connectivity index (χ2n) is 10.9. The molecule has 0 radical (unpaired) electrons. The number of benzene rings is 4. The Hall–Kier alpha value is -5.00. The van der Waals surface area contributed by atoms with Crippen LogP contribution in [0.3, 0.4) is 0 Å². The highest BCUT2D eigenvalue weighted by Crippen LogP contribution is 2.43. The minimum Gasteiger partial charge on any atom is -0.494 e. The lowest BCUT2D eigenvalue weighted by Gasteiger charge is -2.30. The van der Waals surface area contributed by atoms with E-state index in [1.54, 1.807) is 30.3 Å². The fourth-order valence-electron chi connectivity index (χ4n) is 5.27. The number of nitrogens with zero attached hydrogens (tertiary/aromatic N) is 1. The Morgan fingerprint density at radius 3 is 2.32 bits per heavy atom. The molecule has 0 spiro atoms. The first-order valence-corrected chi connectivity index (χ1v) is 14.9. The molecule has 1 aliphatic heterocycles.